The molecule has 70 valence electrons. The molecule has 0 aromatic rings. The number of hydrogen-bond donors (Lipinski definition) is 1. The van der Waals surface area contributed by atoms with E-state index in [1.807, 2.05) is 13.8 Å². The first-order valence-corrected chi connectivity index (χ1v) is 6.10. The van der Waals surface area contributed by atoms with Crippen molar-refractivity contribution < 1.29 is 9.00 Å². The van der Waals surface area contributed by atoms with Crippen LogP contribution in [0.25, 0.3) is 0 Å². The molecule has 0 spiro atoms. The maximum Gasteiger partial charge on any atom is 0.222 e. The molecular weight excluding hydrogens is 174 g/mol. The minimum absolute atomic E-state index is 0.00599. The van der Waals surface area contributed by atoms with Gasteiger partial charge in [-0.2, -0.15) is 0 Å². The molecule has 0 radical (unpaired) electrons. The SMILES string of the molecule is C=S1(=O)CC(NC(=O)C(C)C)C1. The van der Waals surface area contributed by atoms with Crippen molar-refractivity contribution in [1.29, 1.82) is 0 Å². The second kappa shape index (κ2) is 3.09. The van der Waals surface area contributed by atoms with Crippen molar-refractivity contribution in [1.82, 2.24) is 5.32 Å². The minimum atomic E-state index is -1.82. The van der Waals surface area contributed by atoms with E-state index in [1.165, 1.54) is 0 Å². The summed E-state index contributed by atoms with van der Waals surface area (Å²) in [6, 6.07) is 0.102. The summed E-state index contributed by atoms with van der Waals surface area (Å²) >= 11 is 0. The van der Waals surface area contributed by atoms with Crippen LogP contribution in [0.2, 0.25) is 0 Å². The molecule has 1 rings (SSSR count). The lowest BCUT2D eigenvalue weighted by atomic mass is 10.2. The molecule has 0 bridgehead atoms. The summed E-state index contributed by atoms with van der Waals surface area (Å²) in [6.07, 6.45) is 0. The van der Waals surface area contributed by atoms with Gasteiger partial charge in [0, 0.05) is 17.4 Å². The lowest BCUT2D eigenvalue weighted by molar-refractivity contribution is -0.124. The first-order chi connectivity index (χ1) is 5.41. The van der Waals surface area contributed by atoms with E-state index in [1.54, 1.807) is 0 Å². The van der Waals surface area contributed by atoms with Gasteiger partial charge in [-0.15, -0.1) is 0 Å². The van der Waals surface area contributed by atoms with E-state index in [4.69, 9.17) is 0 Å². The Morgan fingerprint density at radius 2 is 2.08 bits per heavy atom. The molecule has 12 heavy (non-hydrogen) atoms. The van der Waals surface area contributed by atoms with Crippen LogP contribution in [0.1, 0.15) is 13.8 Å². The van der Waals surface area contributed by atoms with E-state index in [0.29, 0.717) is 11.5 Å². The molecule has 0 aromatic carbocycles. The van der Waals surface area contributed by atoms with Gasteiger partial charge in [0.05, 0.1) is 6.04 Å². The molecular formula is C8H15NO2S. The highest BCUT2D eigenvalue weighted by Gasteiger charge is 2.29. The summed E-state index contributed by atoms with van der Waals surface area (Å²) in [6.45, 7) is 3.69. The van der Waals surface area contributed by atoms with E-state index in [-0.39, 0.29) is 17.9 Å². The molecule has 0 atom stereocenters. The lowest BCUT2D eigenvalue weighted by Crippen LogP contribution is -2.53. The molecule has 0 aromatic heterocycles. The van der Waals surface area contributed by atoms with Gasteiger partial charge in [-0.1, -0.05) is 13.8 Å². The van der Waals surface area contributed by atoms with Crippen LogP contribution < -0.4 is 5.32 Å². The minimum Gasteiger partial charge on any atom is -0.351 e. The zero-order valence-corrected chi connectivity index (χ0v) is 8.32. The molecule has 1 amide bonds. The Labute approximate surface area is 73.5 Å². The van der Waals surface area contributed by atoms with Gasteiger partial charge in [-0.3, -0.25) is 9.00 Å². The molecule has 0 unspecified atom stereocenters. The Morgan fingerprint density at radius 1 is 1.58 bits per heavy atom. The average molecular weight is 189 g/mol. The summed E-state index contributed by atoms with van der Waals surface area (Å²) < 4.78 is 11.1. The second-order valence-corrected chi connectivity index (χ2v) is 6.26. The Hall–Kier alpha value is -0.510. The highest BCUT2D eigenvalue weighted by Crippen LogP contribution is 2.10. The predicted molar refractivity (Wildman–Crippen MR) is 51.8 cm³/mol. The molecule has 3 nitrogen and oxygen atoms in total. The van der Waals surface area contributed by atoms with Crippen molar-refractivity contribution in [3.05, 3.63) is 0 Å². The number of hydrogen-bond acceptors (Lipinski definition) is 2. The number of carbonyl (C=O) groups is 1. The van der Waals surface area contributed by atoms with Crippen molar-refractivity contribution in [3.8, 4) is 0 Å². The summed E-state index contributed by atoms with van der Waals surface area (Å²) in [5.74, 6) is 4.69. The molecule has 1 aliphatic heterocycles. The van der Waals surface area contributed by atoms with Crippen LogP contribution in [0, 0.1) is 5.92 Å². The molecule has 0 aliphatic carbocycles. The first kappa shape index (κ1) is 9.58. The van der Waals surface area contributed by atoms with Crippen LogP contribution >= 0.6 is 0 Å². The monoisotopic (exact) mass is 189 g/mol. The highest BCUT2D eigenvalue weighted by molar-refractivity contribution is 8.01. The normalized spacial score (nSPS) is 34.4. The molecule has 1 fully saturated rings. The number of carbonyl (C=O) groups excluding carboxylic acids is 1. The fourth-order valence-corrected chi connectivity index (χ4v) is 2.67. The molecule has 4 heteroatoms. The van der Waals surface area contributed by atoms with Crippen molar-refractivity contribution in [2.75, 3.05) is 11.5 Å². The Bertz CT molecular complexity index is 267. The van der Waals surface area contributed by atoms with Crippen molar-refractivity contribution in [2.24, 2.45) is 5.92 Å². The van der Waals surface area contributed by atoms with Crippen molar-refractivity contribution in [3.63, 3.8) is 0 Å². The number of rotatable bonds is 2. The molecule has 1 heterocycles. The van der Waals surface area contributed by atoms with Crippen LogP contribution in [-0.4, -0.2) is 33.5 Å². The van der Waals surface area contributed by atoms with Gasteiger partial charge in [0.1, 0.15) is 0 Å². The highest BCUT2D eigenvalue weighted by atomic mass is 32.2. The van der Waals surface area contributed by atoms with Gasteiger partial charge < -0.3 is 5.32 Å². The standard InChI is InChI=1S/C8H15NO2S/c1-6(2)8(10)9-7-4-12(3,11)5-7/h6-7H,3-5H2,1-2H3,(H,9,10). The topological polar surface area (TPSA) is 46.2 Å². The smallest absolute Gasteiger partial charge is 0.222 e. The van der Waals surface area contributed by atoms with E-state index in [9.17, 15) is 9.00 Å². The van der Waals surface area contributed by atoms with Crippen LogP contribution in [0.15, 0.2) is 0 Å². The fourth-order valence-electron chi connectivity index (χ4n) is 1.14. The third kappa shape index (κ3) is 2.24. The van der Waals surface area contributed by atoms with Crippen LogP contribution in [0.5, 0.6) is 0 Å². The summed E-state index contributed by atoms with van der Waals surface area (Å²) in [5, 5.41) is 2.81. The van der Waals surface area contributed by atoms with Gasteiger partial charge in [0.2, 0.25) is 5.91 Å². The maximum atomic E-state index is 11.1. The van der Waals surface area contributed by atoms with Crippen molar-refractivity contribution in [2.45, 2.75) is 19.9 Å². The van der Waals surface area contributed by atoms with Gasteiger partial charge >= 0.3 is 0 Å². The van der Waals surface area contributed by atoms with Gasteiger partial charge in [-0.25, -0.2) is 0 Å². The Balaban J connectivity index is 2.33. The van der Waals surface area contributed by atoms with Gasteiger partial charge in [-0.05, 0) is 15.4 Å². The maximum absolute atomic E-state index is 11.1. The quantitative estimate of drug-likeness (QED) is 0.614. The average Bonchev–Trinajstić information content (AvgIpc) is 1.83. The van der Waals surface area contributed by atoms with Gasteiger partial charge in [0.15, 0.2) is 0 Å². The van der Waals surface area contributed by atoms with Gasteiger partial charge in [0.25, 0.3) is 0 Å². The number of amides is 1. The van der Waals surface area contributed by atoms with E-state index in [2.05, 4.69) is 11.2 Å². The van der Waals surface area contributed by atoms with Crippen molar-refractivity contribution >= 4 is 21.3 Å². The van der Waals surface area contributed by atoms with E-state index >= 15 is 0 Å². The van der Waals surface area contributed by atoms with Crippen LogP contribution in [0.4, 0.5) is 0 Å². The lowest BCUT2D eigenvalue weighted by Gasteiger charge is -2.31. The van der Waals surface area contributed by atoms with E-state index < -0.39 is 9.52 Å². The zero-order chi connectivity index (χ0) is 9.35. The third-order valence-electron chi connectivity index (χ3n) is 1.88. The summed E-state index contributed by atoms with van der Waals surface area (Å²) in [4.78, 5) is 11.1. The summed E-state index contributed by atoms with van der Waals surface area (Å²) in [5.41, 5.74) is 0. The molecule has 1 saturated heterocycles. The molecule has 1 aliphatic rings. The fraction of sp³-hybridized carbons (Fsp3) is 0.750. The molecule has 0 saturated carbocycles. The molecule has 1 N–H and O–H groups in total. The summed E-state index contributed by atoms with van der Waals surface area (Å²) in [7, 11) is -1.82. The van der Waals surface area contributed by atoms with Crippen LogP contribution in [0.3, 0.4) is 0 Å². The Morgan fingerprint density at radius 3 is 2.42 bits per heavy atom. The number of nitrogens with one attached hydrogen (secondary N) is 1. The first-order valence-electron chi connectivity index (χ1n) is 4.04. The van der Waals surface area contributed by atoms with E-state index in [0.717, 1.165) is 0 Å². The second-order valence-electron chi connectivity index (χ2n) is 3.66. The predicted octanol–water partition coefficient (Wildman–Crippen LogP) is -0.143. The Kier molecular flexibility index (Phi) is 2.46. The third-order valence-corrected chi connectivity index (χ3v) is 3.90. The zero-order valence-electron chi connectivity index (χ0n) is 7.50. The largest absolute Gasteiger partial charge is 0.351 e. The van der Waals surface area contributed by atoms with Crippen LogP contribution in [-0.2, 0) is 14.3 Å².